The smallest absolute Gasteiger partial charge is 0.321 e. The van der Waals surface area contributed by atoms with E-state index in [1.807, 2.05) is 19.1 Å². The van der Waals surface area contributed by atoms with Crippen molar-refractivity contribution in [2.75, 3.05) is 41.7 Å². The molecule has 0 radical (unpaired) electrons. The van der Waals surface area contributed by atoms with E-state index in [0.29, 0.717) is 49.1 Å². The Hall–Kier alpha value is -3.94. The number of nitrogens with zero attached hydrogens (tertiary/aromatic N) is 4. The van der Waals surface area contributed by atoms with Gasteiger partial charge in [-0.05, 0) is 43.3 Å². The Morgan fingerprint density at radius 3 is 2.16 bits per heavy atom. The van der Waals surface area contributed by atoms with Crippen LogP contribution >= 0.6 is 0 Å². The Labute approximate surface area is 180 Å². The van der Waals surface area contributed by atoms with Gasteiger partial charge in [-0.15, -0.1) is 0 Å². The monoisotopic (exact) mass is 416 g/mol. The lowest BCUT2D eigenvalue weighted by atomic mass is 10.1. The van der Waals surface area contributed by atoms with E-state index in [2.05, 4.69) is 25.5 Å². The highest BCUT2D eigenvalue weighted by atomic mass is 16.2. The number of carbonyl (C=O) groups excluding carboxylic acids is 2. The van der Waals surface area contributed by atoms with E-state index >= 15 is 0 Å². The number of piperazine rings is 1. The highest BCUT2D eigenvalue weighted by Gasteiger charge is 2.22. The number of aryl methyl sites for hydroxylation is 1. The van der Waals surface area contributed by atoms with Crippen LogP contribution in [0.3, 0.4) is 0 Å². The van der Waals surface area contributed by atoms with Gasteiger partial charge in [0, 0.05) is 55.5 Å². The van der Waals surface area contributed by atoms with E-state index < -0.39 is 0 Å². The van der Waals surface area contributed by atoms with Crippen molar-refractivity contribution in [2.45, 2.75) is 6.92 Å². The summed E-state index contributed by atoms with van der Waals surface area (Å²) >= 11 is 0. The summed E-state index contributed by atoms with van der Waals surface area (Å²) in [7, 11) is 0. The van der Waals surface area contributed by atoms with Gasteiger partial charge in [-0.2, -0.15) is 0 Å². The van der Waals surface area contributed by atoms with Crippen LogP contribution in [-0.2, 0) is 0 Å². The predicted octanol–water partition coefficient (Wildman–Crippen LogP) is 3.39. The Morgan fingerprint density at radius 1 is 0.839 bits per heavy atom. The minimum Gasteiger partial charge on any atom is -0.337 e. The normalized spacial score (nSPS) is 13.6. The van der Waals surface area contributed by atoms with Crippen molar-refractivity contribution in [3.8, 4) is 0 Å². The molecule has 8 heteroatoms. The van der Waals surface area contributed by atoms with Crippen molar-refractivity contribution in [3.63, 3.8) is 0 Å². The molecule has 31 heavy (non-hydrogen) atoms. The van der Waals surface area contributed by atoms with Gasteiger partial charge in [-0.3, -0.25) is 4.79 Å². The molecular weight excluding hydrogens is 392 g/mol. The first kappa shape index (κ1) is 20.3. The van der Waals surface area contributed by atoms with Crippen LogP contribution in [-0.4, -0.2) is 53.0 Å². The third-order valence-corrected chi connectivity index (χ3v) is 5.09. The molecule has 1 fully saturated rings. The molecule has 0 unspecified atom stereocenters. The molecule has 8 nitrogen and oxygen atoms in total. The lowest BCUT2D eigenvalue weighted by Gasteiger charge is -2.34. The van der Waals surface area contributed by atoms with E-state index in [4.69, 9.17) is 0 Å². The van der Waals surface area contributed by atoms with E-state index in [-0.39, 0.29) is 11.9 Å². The Morgan fingerprint density at radius 2 is 1.48 bits per heavy atom. The number of rotatable bonds is 4. The quantitative estimate of drug-likeness (QED) is 0.680. The summed E-state index contributed by atoms with van der Waals surface area (Å²) in [6.45, 7) is 4.47. The molecule has 0 aliphatic carbocycles. The Bertz CT molecular complexity index is 1050. The lowest BCUT2D eigenvalue weighted by molar-refractivity contribution is 0.102. The SMILES string of the molecule is Cc1ccc(C(=O)Nc2cccc(NC(=O)N3CCN(c4ncccn4)CC3)c2)cc1. The van der Waals surface area contributed by atoms with Crippen LogP contribution in [0.15, 0.2) is 67.0 Å². The third-order valence-electron chi connectivity index (χ3n) is 5.09. The van der Waals surface area contributed by atoms with Crippen LogP contribution in [0, 0.1) is 6.92 Å². The van der Waals surface area contributed by atoms with E-state index in [1.165, 1.54) is 0 Å². The highest BCUT2D eigenvalue weighted by molar-refractivity contribution is 6.04. The Kier molecular flexibility index (Phi) is 6.07. The molecule has 158 valence electrons. The van der Waals surface area contributed by atoms with Crippen LogP contribution < -0.4 is 15.5 Å². The number of anilines is 3. The summed E-state index contributed by atoms with van der Waals surface area (Å²) in [6, 6.07) is 16.1. The van der Waals surface area contributed by atoms with E-state index in [0.717, 1.165) is 5.56 Å². The highest BCUT2D eigenvalue weighted by Crippen LogP contribution is 2.18. The number of hydrogen-bond acceptors (Lipinski definition) is 5. The van der Waals surface area contributed by atoms with Crippen LogP contribution in [0.5, 0.6) is 0 Å². The van der Waals surface area contributed by atoms with Crippen LogP contribution in [0.2, 0.25) is 0 Å². The zero-order valence-electron chi connectivity index (χ0n) is 17.3. The molecule has 2 aromatic carbocycles. The number of aromatic nitrogens is 2. The number of urea groups is 1. The molecule has 1 aliphatic heterocycles. The van der Waals surface area contributed by atoms with Gasteiger partial charge in [0.1, 0.15) is 0 Å². The average Bonchev–Trinajstić information content (AvgIpc) is 2.80. The minimum absolute atomic E-state index is 0.171. The van der Waals surface area contributed by atoms with Crippen LogP contribution in [0.1, 0.15) is 15.9 Å². The summed E-state index contributed by atoms with van der Waals surface area (Å²) in [6.07, 6.45) is 3.43. The number of nitrogens with one attached hydrogen (secondary N) is 2. The number of amides is 3. The molecule has 3 aromatic rings. The lowest BCUT2D eigenvalue weighted by Crippen LogP contribution is -2.50. The van der Waals surface area contributed by atoms with Gasteiger partial charge >= 0.3 is 6.03 Å². The summed E-state index contributed by atoms with van der Waals surface area (Å²) < 4.78 is 0. The van der Waals surface area contributed by atoms with Crippen molar-refractivity contribution >= 4 is 29.3 Å². The molecule has 1 aliphatic rings. The first-order chi connectivity index (χ1) is 15.1. The zero-order chi connectivity index (χ0) is 21.6. The average molecular weight is 416 g/mol. The second kappa shape index (κ2) is 9.25. The molecule has 0 bridgehead atoms. The summed E-state index contributed by atoms with van der Waals surface area (Å²) in [5.41, 5.74) is 2.92. The van der Waals surface area contributed by atoms with Crippen molar-refractivity contribution in [2.24, 2.45) is 0 Å². The molecular formula is C23H24N6O2. The number of carbonyl (C=O) groups is 2. The van der Waals surface area contributed by atoms with Crippen molar-refractivity contribution < 1.29 is 9.59 Å². The van der Waals surface area contributed by atoms with Gasteiger partial charge in [0.05, 0.1) is 0 Å². The largest absolute Gasteiger partial charge is 0.337 e. The fraction of sp³-hybridized carbons (Fsp3) is 0.217. The van der Waals surface area contributed by atoms with Gasteiger partial charge in [0.25, 0.3) is 5.91 Å². The van der Waals surface area contributed by atoms with Gasteiger partial charge in [0.2, 0.25) is 5.95 Å². The van der Waals surface area contributed by atoms with Gasteiger partial charge in [0.15, 0.2) is 0 Å². The fourth-order valence-corrected chi connectivity index (χ4v) is 3.35. The van der Waals surface area contributed by atoms with Crippen molar-refractivity contribution in [1.29, 1.82) is 0 Å². The number of hydrogen-bond donors (Lipinski definition) is 2. The molecule has 2 N–H and O–H groups in total. The molecule has 0 atom stereocenters. The minimum atomic E-state index is -0.192. The maximum absolute atomic E-state index is 12.7. The molecule has 4 rings (SSSR count). The van der Waals surface area contributed by atoms with Gasteiger partial charge in [-0.1, -0.05) is 23.8 Å². The molecule has 3 amide bonds. The van der Waals surface area contributed by atoms with Crippen molar-refractivity contribution in [1.82, 2.24) is 14.9 Å². The van der Waals surface area contributed by atoms with E-state index in [1.54, 1.807) is 59.8 Å². The third kappa shape index (κ3) is 5.16. The van der Waals surface area contributed by atoms with E-state index in [9.17, 15) is 9.59 Å². The molecule has 2 heterocycles. The molecule has 1 saturated heterocycles. The summed E-state index contributed by atoms with van der Waals surface area (Å²) in [5.74, 6) is 0.488. The zero-order valence-corrected chi connectivity index (χ0v) is 17.3. The summed E-state index contributed by atoms with van der Waals surface area (Å²) in [5, 5.41) is 5.78. The first-order valence-corrected chi connectivity index (χ1v) is 10.1. The van der Waals surface area contributed by atoms with Gasteiger partial charge < -0.3 is 20.4 Å². The van der Waals surface area contributed by atoms with Gasteiger partial charge in [-0.25, -0.2) is 14.8 Å². The maximum Gasteiger partial charge on any atom is 0.321 e. The first-order valence-electron chi connectivity index (χ1n) is 10.1. The standard InChI is InChI=1S/C23H24N6O2/c1-17-6-8-18(9-7-17)21(30)26-19-4-2-5-20(16-19)27-23(31)29-14-12-28(13-15-29)22-24-10-3-11-25-22/h2-11,16H,12-15H2,1H3,(H,26,30)(H,27,31). The number of benzene rings is 2. The molecule has 0 spiro atoms. The summed E-state index contributed by atoms with van der Waals surface area (Å²) in [4.78, 5) is 37.5. The topological polar surface area (TPSA) is 90.5 Å². The molecule has 0 saturated carbocycles. The second-order valence-corrected chi connectivity index (χ2v) is 7.35. The second-order valence-electron chi connectivity index (χ2n) is 7.35. The maximum atomic E-state index is 12.7. The van der Waals surface area contributed by atoms with Crippen LogP contribution in [0.4, 0.5) is 22.1 Å². The predicted molar refractivity (Wildman–Crippen MR) is 120 cm³/mol. The van der Waals surface area contributed by atoms with Crippen LogP contribution in [0.25, 0.3) is 0 Å². The van der Waals surface area contributed by atoms with Crippen molar-refractivity contribution in [3.05, 3.63) is 78.1 Å². The molecule has 1 aromatic heterocycles. The Balaban J connectivity index is 1.33. The fourth-order valence-electron chi connectivity index (χ4n) is 3.35.